The molecule has 1 heterocycles. The summed E-state index contributed by atoms with van der Waals surface area (Å²) in [4.78, 5) is 0. The minimum Gasteiger partial charge on any atom is -0.306 e. The second-order valence-corrected chi connectivity index (χ2v) is 6.31. The van der Waals surface area contributed by atoms with Crippen molar-refractivity contribution in [3.8, 4) is 0 Å². The lowest BCUT2D eigenvalue weighted by Gasteiger charge is -2.12. The molecule has 1 aromatic heterocycles. The van der Waals surface area contributed by atoms with Gasteiger partial charge in [0.15, 0.2) is 0 Å². The van der Waals surface area contributed by atoms with E-state index in [-0.39, 0.29) is 6.04 Å². The van der Waals surface area contributed by atoms with E-state index in [1.807, 2.05) is 13.0 Å². The fourth-order valence-corrected chi connectivity index (χ4v) is 2.83. The maximum absolute atomic E-state index is 6.02. The van der Waals surface area contributed by atoms with E-state index in [4.69, 9.17) is 23.2 Å². The van der Waals surface area contributed by atoms with Crippen LogP contribution in [0.3, 0.4) is 0 Å². The van der Waals surface area contributed by atoms with E-state index < -0.39 is 0 Å². The summed E-state index contributed by atoms with van der Waals surface area (Å²) in [5, 5.41) is 3.27. The molecule has 0 fully saturated rings. The van der Waals surface area contributed by atoms with Crippen LogP contribution in [0.2, 0.25) is 8.67 Å². The van der Waals surface area contributed by atoms with Crippen molar-refractivity contribution in [1.82, 2.24) is 5.32 Å². The second-order valence-electron chi connectivity index (χ2n) is 2.90. The molecule has 14 heavy (non-hydrogen) atoms. The highest BCUT2D eigenvalue weighted by molar-refractivity contribution is 9.11. The summed E-state index contributed by atoms with van der Waals surface area (Å²) >= 11 is 16.5. The summed E-state index contributed by atoms with van der Waals surface area (Å²) in [7, 11) is 0. The van der Waals surface area contributed by atoms with Gasteiger partial charge in [-0.1, -0.05) is 45.7 Å². The topological polar surface area (TPSA) is 12.0 Å². The van der Waals surface area contributed by atoms with E-state index in [0.717, 1.165) is 18.7 Å². The predicted octanol–water partition coefficient (Wildman–Crippen LogP) is 4.61. The van der Waals surface area contributed by atoms with Crippen LogP contribution in [0.25, 0.3) is 0 Å². The lowest BCUT2D eigenvalue weighted by molar-refractivity contribution is 0.618. The van der Waals surface area contributed by atoms with Crippen molar-refractivity contribution in [2.24, 2.45) is 0 Å². The molecule has 0 radical (unpaired) electrons. The summed E-state index contributed by atoms with van der Waals surface area (Å²) in [6.45, 7) is 6.50. The molecule has 0 amide bonds. The Labute approximate surface area is 106 Å². The number of thiophene rings is 1. The smallest absolute Gasteiger partial charge is 0.0991 e. The van der Waals surface area contributed by atoms with Gasteiger partial charge in [-0.2, -0.15) is 0 Å². The molecule has 1 unspecified atom stereocenters. The summed E-state index contributed by atoms with van der Waals surface area (Å²) in [5.41, 5.74) is 1.04. The largest absolute Gasteiger partial charge is 0.306 e. The lowest BCUT2D eigenvalue weighted by atomic mass is 10.2. The molecule has 0 aliphatic rings. The Balaban J connectivity index is 2.64. The van der Waals surface area contributed by atoms with E-state index in [9.17, 15) is 0 Å². The van der Waals surface area contributed by atoms with Gasteiger partial charge in [0.05, 0.1) is 8.67 Å². The Kier molecular flexibility index (Phi) is 4.94. The summed E-state index contributed by atoms with van der Waals surface area (Å²) in [6.07, 6.45) is 0. The molecule has 1 N–H and O–H groups in total. The molecule has 0 aliphatic heterocycles. The Morgan fingerprint density at radius 2 is 2.36 bits per heavy atom. The molecule has 1 rings (SSSR count). The first kappa shape index (κ1) is 12.5. The highest BCUT2D eigenvalue weighted by atomic mass is 79.9. The van der Waals surface area contributed by atoms with E-state index in [0.29, 0.717) is 6.54 Å². The van der Waals surface area contributed by atoms with Crippen molar-refractivity contribution in [3.05, 3.63) is 31.4 Å². The normalized spacial score (nSPS) is 12.9. The number of hydrogen-bond donors (Lipinski definition) is 1. The first-order chi connectivity index (χ1) is 6.50. The maximum atomic E-state index is 6.02. The van der Waals surface area contributed by atoms with Crippen LogP contribution < -0.4 is 5.32 Å². The van der Waals surface area contributed by atoms with Crippen molar-refractivity contribution < 1.29 is 0 Å². The van der Waals surface area contributed by atoms with Crippen LogP contribution in [0.15, 0.2) is 17.1 Å². The number of hydrogen-bond acceptors (Lipinski definition) is 2. The van der Waals surface area contributed by atoms with Crippen molar-refractivity contribution in [1.29, 1.82) is 0 Å². The molecule has 0 saturated heterocycles. The Bertz CT molecular complexity index is 338. The molecule has 1 aromatic rings. The zero-order chi connectivity index (χ0) is 10.7. The third-order valence-corrected chi connectivity index (χ3v) is 3.55. The molecular formula is C9H10BrCl2NS. The minimum absolute atomic E-state index is 0.181. The molecule has 78 valence electrons. The van der Waals surface area contributed by atoms with Crippen LogP contribution in [0, 0.1) is 0 Å². The van der Waals surface area contributed by atoms with Crippen LogP contribution in [-0.4, -0.2) is 6.54 Å². The number of halogens is 3. The van der Waals surface area contributed by atoms with E-state index >= 15 is 0 Å². The average Bonchev–Trinajstić information content (AvgIpc) is 2.41. The highest BCUT2D eigenvalue weighted by Crippen LogP contribution is 2.34. The van der Waals surface area contributed by atoms with Crippen LogP contribution in [0.1, 0.15) is 18.5 Å². The fraction of sp³-hybridized carbons (Fsp3) is 0.333. The van der Waals surface area contributed by atoms with Gasteiger partial charge in [0.1, 0.15) is 0 Å². The van der Waals surface area contributed by atoms with Gasteiger partial charge in [0.2, 0.25) is 0 Å². The highest BCUT2D eigenvalue weighted by Gasteiger charge is 2.12. The van der Waals surface area contributed by atoms with Gasteiger partial charge in [-0.05, 0) is 18.6 Å². The number of rotatable bonds is 4. The van der Waals surface area contributed by atoms with Crippen LogP contribution in [0.4, 0.5) is 0 Å². The molecule has 0 bridgehead atoms. The van der Waals surface area contributed by atoms with E-state index in [1.54, 1.807) is 0 Å². The average molecular weight is 315 g/mol. The van der Waals surface area contributed by atoms with Gasteiger partial charge < -0.3 is 5.32 Å². The minimum atomic E-state index is 0.181. The van der Waals surface area contributed by atoms with Gasteiger partial charge in [-0.15, -0.1) is 11.3 Å². The molecular weight excluding hydrogens is 305 g/mol. The lowest BCUT2D eigenvalue weighted by Crippen LogP contribution is -2.19. The van der Waals surface area contributed by atoms with Crippen molar-refractivity contribution in [3.63, 3.8) is 0 Å². The van der Waals surface area contributed by atoms with Crippen LogP contribution in [-0.2, 0) is 0 Å². The van der Waals surface area contributed by atoms with Crippen LogP contribution in [0.5, 0.6) is 0 Å². The molecule has 0 aliphatic carbocycles. The summed E-state index contributed by atoms with van der Waals surface area (Å²) in [6, 6.07) is 2.07. The van der Waals surface area contributed by atoms with Gasteiger partial charge >= 0.3 is 0 Å². The molecule has 0 spiro atoms. The second kappa shape index (κ2) is 5.52. The zero-order valence-corrected chi connectivity index (χ0v) is 11.5. The molecule has 0 aromatic carbocycles. The quantitative estimate of drug-likeness (QED) is 0.855. The monoisotopic (exact) mass is 313 g/mol. The molecule has 1 nitrogen and oxygen atoms in total. The van der Waals surface area contributed by atoms with E-state index in [1.165, 1.54) is 11.3 Å². The summed E-state index contributed by atoms with van der Waals surface area (Å²) in [5.74, 6) is 0. The SMILES string of the molecule is C=C(Br)CNC(C)c1cc(Cl)sc1Cl. The van der Waals surface area contributed by atoms with Gasteiger partial charge in [-0.25, -0.2) is 0 Å². The van der Waals surface area contributed by atoms with Crippen LogP contribution >= 0.6 is 50.5 Å². The first-order valence-corrected chi connectivity index (χ1v) is 6.38. The van der Waals surface area contributed by atoms with Gasteiger partial charge in [0.25, 0.3) is 0 Å². The first-order valence-electron chi connectivity index (χ1n) is 4.02. The number of nitrogens with one attached hydrogen (secondary N) is 1. The third kappa shape index (κ3) is 3.55. The molecule has 5 heteroatoms. The molecule has 0 saturated carbocycles. The predicted molar refractivity (Wildman–Crippen MR) is 68.8 cm³/mol. The Morgan fingerprint density at radius 1 is 1.71 bits per heavy atom. The van der Waals surface area contributed by atoms with Crippen molar-refractivity contribution in [2.75, 3.05) is 6.54 Å². The molecule has 1 atom stereocenters. The third-order valence-electron chi connectivity index (χ3n) is 1.75. The summed E-state index contributed by atoms with van der Waals surface area (Å²) < 4.78 is 2.38. The van der Waals surface area contributed by atoms with Crippen molar-refractivity contribution >= 4 is 50.5 Å². The Morgan fingerprint density at radius 3 is 2.79 bits per heavy atom. The van der Waals surface area contributed by atoms with Gasteiger partial charge in [0, 0.05) is 17.1 Å². The fourth-order valence-electron chi connectivity index (χ4n) is 1.02. The maximum Gasteiger partial charge on any atom is 0.0991 e. The zero-order valence-electron chi connectivity index (χ0n) is 7.61. The Hall–Kier alpha value is 0.460. The van der Waals surface area contributed by atoms with Crippen molar-refractivity contribution in [2.45, 2.75) is 13.0 Å². The van der Waals surface area contributed by atoms with E-state index in [2.05, 4.69) is 27.8 Å². The van der Waals surface area contributed by atoms with Gasteiger partial charge in [-0.3, -0.25) is 0 Å². The standard InChI is InChI=1S/C9H10BrCl2NS/c1-5(10)4-13-6(2)7-3-8(11)14-9(7)12/h3,6,13H,1,4H2,2H3.